The van der Waals surface area contributed by atoms with Crippen molar-refractivity contribution < 1.29 is 62.4 Å². The third-order valence-corrected chi connectivity index (χ3v) is 11.9. The molecule has 0 spiro atoms. The van der Waals surface area contributed by atoms with E-state index in [9.17, 15) is 48.9 Å². The summed E-state index contributed by atoms with van der Waals surface area (Å²) in [6, 6.07) is 14.2. The number of aromatic nitrogens is 3. The van der Waals surface area contributed by atoms with Gasteiger partial charge in [-0.1, -0.05) is 6.07 Å². The molecule has 0 radical (unpaired) electrons. The lowest BCUT2D eigenvalue weighted by Gasteiger charge is -2.23. The van der Waals surface area contributed by atoms with E-state index >= 15 is 0 Å². The van der Waals surface area contributed by atoms with E-state index in [0.29, 0.717) is 5.69 Å². The Labute approximate surface area is 323 Å². The lowest BCUT2D eigenvalue weighted by molar-refractivity contribution is 0.282. The first-order chi connectivity index (χ1) is 26.1. The average molecular weight is 874 g/mol. The first-order valence-corrected chi connectivity index (χ1v) is 21.9. The number of benzene rings is 4. The number of methoxy groups -OCH3 is 1. The summed E-state index contributed by atoms with van der Waals surface area (Å²) in [5.74, 6) is -0.871. The number of hydrogen-bond donors (Lipinski definition) is 6. The summed E-state index contributed by atoms with van der Waals surface area (Å²) in [6.45, 7) is 1.17. The van der Waals surface area contributed by atoms with Gasteiger partial charge in [0.05, 0.1) is 19.9 Å². The van der Waals surface area contributed by atoms with Crippen LogP contribution in [0.2, 0.25) is 5.28 Å². The summed E-state index contributed by atoms with van der Waals surface area (Å²) in [5.41, 5.74) is -0.651. The Balaban J connectivity index is 1.48. The summed E-state index contributed by atoms with van der Waals surface area (Å²) in [5, 5.41) is 21.1. The molecule has 298 valence electrons. The molecular formula is C30H29ClN7O14PS3. The Morgan fingerprint density at radius 2 is 1.61 bits per heavy atom. The Morgan fingerprint density at radius 1 is 0.893 bits per heavy atom. The number of ether oxygens (including phenoxy) is 1. The Hall–Kier alpha value is -4.88. The molecule has 21 nitrogen and oxygen atoms in total. The van der Waals surface area contributed by atoms with Gasteiger partial charge in [0.25, 0.3) is 20.2 Å². The molecule has 0 amide bonds. The predicted octanol–water partition coefficient (Wildman–Crippen LogP) is 4.92. The van der Waals surface area contributed by atoms with E-state index in [4.69, 9.17) is 20.9 Å². The highest BCUT2D eigenvalue weighted by Crippen LogP contribution is 2.43. The Kier molecular flexibility index (Phi) is 12.3. The van der Waals surface area contributed by atoms with Gasteiger partial charge in [0, 0.05) is 34.7 Å². The largest absolute Gasteiger partial charge is 0.505 e. The number of nitrogens with zero attached hydrogens (tertiary/aromatic N) is 6. The number of hydrogen-bond acceptors (Lipinski definition) is 17. The van der Waals surface area contributed by atoms with Gasteiger partial charge >= 0.3 is 10.4 Å². The van der Waals surface area contributed by atoms with Crippen LogP contribution in [-0.4, -0.2) is 90.3 Å². The molecule has 1 atom stereocenters. The number of anilines is 4. The quantitative estimate of drug-likeness (QED) is 0.0462. The lowest BCUT2D eigenvalue weighted by Crippen LogP contribution is -2.21. The third-order valence-electron chi connectivity index (χ3n) is 7.61. The standard InChI is InChI=1S/C30H29ClN7O14PS3/c1-3-38(19-5-4-6-21(15-19)53(40,41)12-11-52-56(48,49)50)30-34-28(31)33-29(35-30)32-18-7-9-22-17(13-18)14-25(55(45,46)47)26(27(22)39)37-36-23-10-8-20(51-2)16-24(23)54(42,43)44/h4-10,13-16,39H,3,11-12H2,1-2H3,(H,40,41)(H,42,43,44)(H,45,46,47)(H,48,49,50)(H,32,33,34,35). The topological polar surface area (TPSA) is 318 Å². The van der Waals surface area contributed by atoms with Crippen molar-refractivity contribution in [3.63, 3.8) is 0 Å². The zero-order valence-electron chi connectivity index (χ0n) is 28.6. The van der Waals surface area contributed by atoms with Crippen molar-refractivity contribution in [1.29, 1.82) is 0 Å². The molecule has 5 rings (SSSR count). The highest BCUT2D eigenvalue weighted by Gasteiger charge is 2.26. The summed E-state index contributed by atoms with van der Waals surface area (Å²) < 4.78 is 121. The number of fused-ring (bicyclic) bond motifs is 1. The second-order valence-corrected chi connectivity index (χ2v) is 17.9. The molecule has 0 aliphatic carbocycles. The van der Waals surface area contributed by atoms with Gasteiger partial charge < -0.3 is 25.0 Å². The van der Waals surface area contributed by atoms with E-state index in [1.165, 1.54) is 54.5 Å². The van der Waals surface area contributed by atoms with Crippen molar-refractivity contribution in [1.82, 2.24) is 15.0 Å². The van der Waals surface area contributed by atoms with Gasteiger partial charge in [-0.25, -0.2) is 4.18 Å². The number of rotatable bonds is 15. The SMILES string of the molecule is CCN(c1cccc(P(=O)(O)CCOS(=O)(=O)O)c1)c1nc(Cl)nc(Nc2ccc3c(O)c(N=Nc4ccc(OC)cc4S(=O)(=O)O)c(S(=O)(=O)O)cc3c2)n1. The molecule has 0 fully saturated rings. The number of aromatic hydroxyl groups is 1. The van der Waals surface area contributed by atoms with Crippen molar-refractivity contribution >= 4 is 100 Å². The molecule has 1 aromatic heterocycles. The summed E-state index contributed by atoms with van der Waals surface area (Å²) in [6.07, 6.45) is -0.629. The van der Waals surface area contributed by atoms with Crippen LogP contribution in [0, 0.1) is 0 Å². The molecule has 1 unspecified atom stereocenters. The van der Waals surface area contributed by atoms with Gasteiger partial charge in [-0.15, -0.1) is 10.2 Å². The minimum atomic E-state index is -5.10. The number of phenols is 1. The van der Waals surface area contributed by atoms with Crippen molar-refractivity contribution in [2.24, 2.45) is 10.2 Å². The average Bonchev–Trinajstić information content (AvgIpc) is 3.10. The van der Waals surface area contributed by atoms with Gasteiger partial charge in [-0.3, -0.25) is 18.2 Å². The molecule has 1 heterocycles. The van der Waals surface area contributed by atoms with Crippen LogP contribution in [0.5, 0.6) is 11.5 Å². The minimum Gasteiger partial charge on any atom is -0.505 e. The van der Waals surface area contributed by atoms with Crippen LogP contribution in [0.25, 0.3) is 10.8 Å². The van der Waals surface area contributed by atoms with Gasteiger partial charge in [0.1, 0.15) is 26.9 Å². The first-order valence-electron chi connectivity index (χ1n) is 15.4. The minimum absolute atomic E-state index is 0.0127. The molecule has 4 aromatic carbocycles. The summed E-state index contributed by atoms with van der Waals surface area (Å²) >= 11 is 6.23. The third kappa shape index (κ3) is 10.1. The molecule has 6 N–H and O–H groups in total. The van der Waals surface area contributed by atoms with Crippen molar-refractivity contribution in [2.75, 3.05) is 36.6 Å². The van der Waals surface area contributed by atoms with E-state index in [1.807, 2.05) is 0 Å². The Bertz CT molecular complexity index is 2760. The van der Waals surface area contributed by atoms with Crippen LogP contribution >= 0.6 is 19.0 Å². The highest BCUT2D eigenvalue weighted by atomic mass is 35.5. The lowest BCUT2D eigenvalue weighted by atomic mass is 10.1. The molecule has 0 aliphatic heterocycles. The number of halogens is 1. The van der Waals surface area contributed by atoms with E-state index in [1.54, 1.807) is 13.0 Å². The first kappa shape index (κ1) is 42.3. The van der Waals surface area contributed by atoms with Crippen LogP contribution in [0.3, 0.4) is 0 Å². The van der Waals surface area contributed by atoms with E-state index in [0.717, 1.165) is 18.2 Å². The van der Waals surface area contributed by atoms with Crippen molar-refractivity contribution in [3.05, 3.63) is 72.0 Å². The fourth-order valence-electron chi connectivity index (χ4n) is 5.10. The zero-order chi connectivity index (χ0) is 41.2. The molecule has 0 bridgehead atoms. The molecular weight excluding hydrogens is 845 g/mol. The predicted molar refractivity (Wildman–Crippen MR) is 201 cm³/mol. The molecule has 0 saturated heterocycles. The van der Waals surface area contributed by atoms with Crippen LogP contribution in [0.1, 0.15) is 6.92 Å². The highest BCUT2D eigenvalue weighted by molar-refractivity contribution is 7.86. The summed E-state index contributed by atoms with van der Waals surface area (Å²) in [7, 11) is -17.7. The normalized spacial score (nSPS) is 13.5. The van der Waals surface area contributed by atoms with Gasteiger partial charge in [0.2, 0.25) is 24.5 Å². The van der Waals surface area contributed by atoms with Crippen molar-refractivity contribution in [2.45, 2.75) is 16.7 Å². The number of azo groups is 1. The maximum atomic E-state index is 13.0. The molecule has 0 aliphatic rings. The van der Waals surface area contributed by atoms with Crippen LogP contribution < -0.4 is 20.3 Å². The van der Waals surface area contributed by atoms with Gasteiger partial charge in [-0.05, 0) is 78.5 Å². The maximum Gasteiger partial charge on any atom is 0.397 e. The second-order valence-electron chi connectivity index (χ2n) is 11.3. The van der Waals surface area contributed by atoms with E-state index < -0.39 is 77.7 Å². The van der Waals surface area contributed by atoms with Crippen molar-refractivity contribution in [3.8, 4) is 11.5 Å². The monoisotopic (exact) mass is 873 g/mol. The number of nitrogens with one attached hydrogen (secondary N) is 1. The van der Waals surface area contributed by atoms with Gasteiger partial charge in [0.15, 0.2) is 5.75 Å². The smallest absolute Gasteiger partial charge is 0.397 e. The maximum absolute atomic E-state index is 13.0. The second kappa shape index (κ2) is 16.3. The van der Waals surface area contributed by atoms with Crippen LogP contribution in [0.4, 0.5) is 34.6 Å². The van der Waals surface area contributed by atoms with Crippen LogP contribution in [-0.2, 0) is 39.4 Å². The summed E-state index contributed by atoms with van der Waals surface area (Å²) in [4.78, 5) is 23.0. The van der Waals surface area contributed by atoms with E-state index in [2.05, 4.69) is 34.7 Å². The molecule has 56 heavy (non-hydrogen) atoms. The van der Waals surface area contributed by atoms with E-state index in [-0.39, 0.29) is 51.2 Å². The Morgan fingerprint density at radius 3 is 2.25 bits per heavy atom. The van der Waals surface area contributed by atoms with Gasteiger partial charge in [-0.2, -0.15) is 40.2 Å². The fraction of sp³-hybridized carbons (Fsp3) is 0.167. The fourth-order valence-corrected chi connectivity index (χ4v) is 8.21. The molecule has 26 heteroatoms. The molecule has 0 saturated carbocycles. The molecule has 5 aromatic rings. The van der Waals surface area contributed by atoms with Crippen LogP contribution in [0.15, 0.2) is 86.7 Å². The zero-order valence-corrected chi connectivity index (χ0v) is 32.7. The number of phenolic OH excluding ortho intramolecular Hbond substituents is 1.